The van der Waals surface area contributed by atoms with E-state index < -0.39 is 0 Å². The van der Waals surface area contributed by atoms with Gasteiger partial charge in [0.25, 0.3) is 0 Å². The summed E-state index contributed by atoms with van der Waals surface area (Å²) in [6, 6.07) is 10.3. The van der Waals surface area contributed by atoms with Crippen LogP contribution in [-0.4, -0.2) is 9.97 Å². The Kier molecular flexibility index (Phi) is 3.17. The molecule has 0 saturated heterocycles. The fourth-order valence-corrected chi connectivity index (χ4v) is 2.68. The molecule has 0 radical (unpaired) electrons. The second-order valence-electron chi connectivity index (χ2n) is 4.54. The first kappa shape index (κ1) is 12.1. The Balaban J connectivity index is 1.90. The quantitative estimate of drug-likeness (QED) is 0.783. The lowest BCUT2D eigenvalue weighted by Crippen LogP contribution is -2.01. The fourth-order valence-electron chi connectivity index (χ4n) is 2.06. The zero-order chi connectivity index (χ0) is 13.2. The largest absolute Gasteiger partial charge is 0.378 e. The zero-order valence-electron chi connectivity index (χ0n) is 11.0. The number of thiazole rings is 1. The van der Waals surface area contributed by atoms with Crippen molar-refractivity contribution in [3.63, 3.8) is 0 Å². The zero-order valence-corrected chi connectivity index (χ0v) is 11.8. The van der Waals surface area contributed by atoms with Crippen LogP contribution in [0.25, 0.3) is 10.9 Å². The summed E-state index contributed by atoms with van der Waals surface area (Å²) in [5.74, 6) is 0. The molecule has 0 aliphatic heterocycles. The van der Waals surface area contributed by atoms with Gasteiger partial charge in [-0.15, -0.1) is 11.3 Å². The van der Waals surface area contributed by atoms with Gasteiger partial charge in [0.1, 0.15) is 0 Å². The third-order valence-corrected chi connectivity index (χ3v) is 3.81. The minimum absolute atomic E-state index is 0.735. The van der Waals surface area contributed by atoms with E-state index in [0.717, 1.165) is 39.5 Å². The molecule has 19 heavy (non-hydrogen) atoms. The molecule has 1 N–H and O–H groups in total. The Morgan fingerprint density at radius 3 is 2.79 bits per heavy atom. The third kappa shape index (κ3) is 2.58. The number of hydrogen-bond donors (Lipinski definition) is 1. The molecule has 0 saturated carbocycles. The average molecular weight is 269 g/mol. The van der Waals surface area contributed by atoms with Crippen LogP contribution in [0, 0.1) is 13.8 Å². The van der Waals surface area contributed by atoms with Crippen molar-refractivity contribution in [2.75, 3.05) is 5.32 Å². The van der Waals surface area contributed by atoms with Gasteiger partial charge in [0, 0.05) is 16.5 Å². The molecule has 0 aliphatic rings. The van der Waals surface area contributed by atoms with Gasteiger partial charge >= 0.3 is 0 Å². The van der Waals surface area contributed by atoms with Crippen LogP contribution in [0.4, 0.5) is 5.69 Å². The lowest BCUT2D eigenvalue weighted by atomic mass is 10.1. The highest BCUT2D eigenvalue weighted by Crippen LogP contribution is 2.22. The average Bonchev–Trinajstić information content (AvgIpc) is 2.82. The van der Waals surface area contributed by atoms with Crippen molar-refractivity contribution in [1.82, 2.24) is 9.97 Å². The van der Waals surface area contributed by atoms with Crippen molar-refractivity contribution in [3.8, 4) is 0 Å². The van der Waals surface area contributed by atoms with E-state index in [0.29, 0.717) is 0 Å². The van der Waals surface area contributed by atoms with Gasteiger partial charge in [-0.2, -0.15) is 0 Å². The van der Waals surface area contributed by atoms with E-state index in [1.807, 2.05) is 26.0 Å². The standard InChI is InChI=1S/C15H15N3S/c1-10-6-7-12-4-3-5-14(15(12)17-10)16-8-13-9-19-11(2)18-13/h3-7,9,16H,8H2,1-2H3. The molecule has 0 atom stereocenters. The number of hydrogen-bond acceptors (Lipinski definition) is 4. The number of nitrogens with one attached hydrogen (secondary N) is 1. The maximum atomic E-state index is 4.61. The summed E-state index contributed by atoms with van der Waals surface area (Å²) in [4.78, 5) is 9.07. The SMILES string of the molecule is Cc1ccc2cccc(NCc3csc(C)n3)c2n1. The molecule has 1 aromatic carbocycles. The molecular formula is C15H15N3S. The number of aromatic nitrogens is 2. The summed E-state index contributed by atoms with van der Waals surface area (Å²) in [6.45, 7) is 4.77. The Labute approximate surface area is 116 Å². The van der Waals surface area contributed by atoms with E-state index in [4.69, 9.17) is 0 Å². The smallest absolute Gasteiger partial charge is 0.0936 e. The highest BCUT2D eigenvalue weighted by molar-refractivity contribution is 7.09. The van der Waals surface area contributed by atoms with Crippen LogP contribution in [0.15, 0.2) is 35.7 Å². The summed E-state index contributed by atoms with van der Waals surface area (Å²) >= 11 is 1.68. The first-order chi connectivity index (χ1) is 9.22. The lowest BCUT2D eigenvalue weighted by Gasteiger charge is -2.08. The van der Waals surface area contributed by atoms with E-state index in [-0.39, 0.29) is 0 Å². The first-order valence-corrected chi connectivity index (χ1v) is 7.11. The number of anilines is 1. The van der Waals surface area contributed by atoms with Crippen LogP contribution >= 0.6 is 11.3 Å². The van der Waals surface area contributed by atoms with Crippen LogP contribution in [0.3, 0.4) is 0 Å². The molecule has 3 nitrogen and oxygen atoms in total. The molecule has 96 valence electrons. The maximum Gasteiger partial charge on any atom is 0.0936 e. The summed E-state index contributed by atoms with van der Waals surface area (Å²) in [5.41, 5.74) is 4.19. The summed E-state index contributed by atoms with van der Waals surface area (Å²) < 4.78 is 0. The number of nitrogens with zero attached hydrogens (tertiary/aromatic N) is 2. The van der Waals surface area contributed by atoms with Crippen molar-refractivity contribution in [2.45, 2.75) is 20.4 Å². The van der Waals surface area contributed by atoms with Gasteiger partial charge in [-0.05, 0) is 26.0 Å². The third-order valence-electron chi connectivity index (χ3n) is 2.99. The fraction of sp³-hybridized carbons (Fsp3) is 0.200. The van der Waals surface area contributed by atoms with Crippen LogP contribution in [0.1, 0.15) is 16.4 Å². The molecule has 0 aliphatic carbocycles. The Morgan fingerprint density at radius 2 is 2.00 bits per heavy atom. The minimum atomic E-state index is 0.735. The molecule has 0 fully saturated rings. The van der Waals surface area contributed by atoms with Crippen LogP contribution in [0.5, 0.6) is 0 Å². The van der Waals surface area contributed by atoms with Crippen LogP contribution < -0.4 is 5.32 Å². The number of benzene rings is 1. The highest BCUT2D eigenvalue weighted by Gasteiger charge is 2.03. The van der Waals surface area contributed by atoms with Gasteiger partial charge in [0.2, 0.25) is 0 Å². The Bertz CT molecular complexity index is 718. The Morgan fingerprint density at radius 1 is 1.11 bits per heavy atom. The molecule has 0 bridgehead atoms. The summed E-state index contributed by atoms with van der Waals surface area (Å²) in [6.07, 6.45) is 0. The summed E-state index contributed by atoms with van der Waals surface area (Å²) in [7, 11) is 0. The van der Waals surface area contributed by atoms with Crippen molar-refractivity contribution in [1.29, 1.82) is 0 Å². The van der Waals surface area contributed by atoms with E-state index in [1.165, 1.54) is 0 Å². The van der Waals surface area contributed by atoms with Crippen LogP contribution in [-0.2, 0) is 6.54 Å². The molecule has 0 spiro atoms. The summed E-state index contributed by atoms with van der Waals surface area (Å²) in [5, 5.41) is 7.77. The van der Waals surface area contributed by atoms with E-state index >= 15 is 0 Å². The maximum absolute atomic E-state index is 4.61. The van der Waals surface area contributed by atoms with Gasteiger partial charge < -0.3 is 5.32 Å². The van der Waals surface area contributed by atoms with Crippen molar-refractivity contribution in [2.24, 2.45) is 0 Å². The molecule has 2 aromatic heterocycles. The van der Waals surface area contributed by atoms with E-state index in [1.54, 1.807) is 11.3 Å². The van der Waals surface area contributed by atoms with Gasteiger partial charge in [0.05, 0.1) is 28.5 Å². The normalized spacial score (nSPS) is 10.8. The number of rotatable bonds is 3. The van der Waals surface area contributed by atoms with Crippen molar-refractivity contribution >= 4 is 27.9 Å². The second kappa shape index (κ2) is 4.97. The highest BCUT2D eigenvalue weighted by atomic mass is 32.1. The van der Waals surface area contributed by atoms with Crippen molar-refractivity contribution < 1.29 is 0 Å². The minimum Gasteiger partial charge on any atom is -0.378 e. The number of aryl methyl sites for hydroxylation is 2. The van der Waals surface area contributed by atoms with Gasteiger partial charge in [-0.1, -0.05) is 18.2 Å². The van der Waals surface area contributed by atoms with Gasteiger partial charge in [-0.25, -0.2) is 4.98 Å². The topological polar surface area (TPSA) is 37.8 Å². The van der Waals surface area contributed by atoms with E-state index in [2.05, 4.69) is 38.9 Å². The first-order valence-electron chi connectivity index (χ1n) is 6.23. The number of para-hydroxylation sites is 1. The van der Waals surface area contributed by atoms with Gasteiger partial charge in [0.15, 0.2) is 0 Å². The predicted molar refractivity (Wildman–Crippen MR) is 80.7 cm³/mol. The number of fused-ring (bicyclic) bond motifs is 1. The molecule has 2 heterocycles. The molecule has 0 unspecified atom stereocenters. The number of pyridine rings is 1. The lowest BCUT2D eigenvalue weighted by molar-refractivity contribution is 1.06. The van der Waals surface area contributed by atoms with Gasteiger partial charge in [-0.3, -0.25) is 4.98 Å². The molecule has 3 aromatic rings. The monoisotopic (exact) mass is 269 g/mol. The molecular weight excluding hydrogens is 254 g/mol. The predicted octanol–water partition coefficient (Wildman–Crippen LogP) is 3.92. The van der Waals surface area contributed by atoms with Crippen molar-refractivity contribution in [3.05, 3.63) is 52.1 Å². The molecule has 0 amide bonds. The van der Waals surface area contributed by atoms with Crippen LogP contribution in [0.2, 0.25) is 0 Å². The van der Waals surface area contributed by atoms with E-state index in [9.17, 15) is 0 Å². The Hall–Kier alpha value is -1.94. The second-order valence-corrected chi connectivity index (χ2v) is 5.60. The molecule has 3 rings (SSSR count). The molecule has 4 heteroatoms.